The number of anilines is 1. The fourth-order valence-electron chi connectivity index (χ4n) is 1.58. The summed E-state index contributed by atoms with van der Waals surface area (Å²) in [7, 11) is 0. The topological polar surface area (TPSA) is 37.8 Å². The zero-order chi connectivity index (χ0) is 11.9. The molecule has 0 spiro atoms. The second kappa shape index (κ2) is 6.21. The molecule has 0 saturated heterocycles. The molecule has 0 aliphatic heterocycles. The molecule has 0 unspecified atom stereocenters. The SMILES string of the molecule is Clc1cc(NCCCc2ccccc2)ncn1. The highest BCUT2D eigenvalue weighted by Gasteiger charge is 1.96. The van der Waals surface area contributed by atoms with Gasteiger partial charge in [0.1, 0.15) is 17.3 Å². The molecule has 2 rings (SSSR count). The number of nitrogens with zero attached hydrogens (tertiary/aromatic N) is 2. The number of nitrogens with one attached hydrogen (secondary N) is 1. The Hall–Kier alpha value is -1.61. The minimum atomic E-state index is 0.463. The van der Waals surface area contributed by atoms with Gasteiger partial charge in [-0.2, -0.15) is 0 Å². The van der Waals surface area contributed by atoms with Crippen LogP contribution < -0.4 is 5.32 Å². The molecule has 17 heavy (non-hydrogen) atoms. The minimum Gasteiger partial charge on any atom is -0.370 e. The monoisotopic (exact) mass is 247 g/mol. The first-order valence-corrected chi connectivity index (χ1v) is 5.98. The molecule has 3 nitrogen and oxygen atoms in total. The summed E-state index contributed by atoms with van der Waals surface area (Å²) >= 11 is 5.76. The first kappa shape index (κ1) is 11.9. The fourth-order valence-corrected chi connectivity index (χ4v) is 1.73. The van der Waals surface area contributed by atoms with E-state index in [0.29, 0.717) is 5.15 Å². The second-order valence-corrected chi connectivity index (χ2v) is 4.13. The van der Waals surface area contributed by atoms with Crippen molar-refractivity contribution in [2.24, 2.45) is 0 Å². The molecular weight excluding hydrogens is 234 g/mol. The number of halogens is 1. The summed E-state index contributed by atoms with van der Waals surface area (Å²) < 4.78 is 0. The lowest BCUT2D eigenvalue weighted by atomic mass is 10.1. The molecule has 0 radical (unpaired) electrons. The Morgan fingerprint density at radius 2 is 1.94 bits per heavy atom. The van der Waals surface area contributed by atoms with Crippen LogP contribution in [0.1, 0.15) is 12.0 Å². The van der Waals surface area contributed by atoms with Crippen LogP contribution in [0, 0.1) is 0 Å². The predicted molar refractivity (Wildman–Crippen MR) is 70.3 cm³/mol. The Balaban J connectivity index is 1.73. The standard InChI is InChI=1S/C13H14ClN3/c14-12-9-13(17-10-16-12)15-8-4-7-11-5-2-1-3-6-11/h1-3,5-6,9-10H,4,7-8H2,(H,15,16,17). The maximum Gasteiger partial charge on any atom is 0.134 e. The highest BCUT2D eigenvalue weighted by molar-refractivity contribution is 6.29. The minimum absolute atomic E-state index is 0.463. The van der Waals surface area contributed by atoms with E-state index in [1.54, 1.807) is 6.07 Å². The summed E-state index contributed by atoms with van der Waals surface area (Å²) in [5, 5.41) is 3.68. The van der Waals surface area contributed by atoms with Crippen LogP contribution in [-0.2, 0) is 6.42 Å². The molecule has 1 aromatic carbocycles. The highest BCUT2D eigenvalue weighted by atomic mass is 35.5. The first-order valence-electron chi connectivity index (χ1n) is 5.60. The van der Waals surface area contributed by atoms with Crippen molar-refractivity contribution in [3.8, 4) is 0 Å². The van der Waals surface area contributed by atoms with Crippen LogP contribution >= 0.6 is 11.6 Å². The molecule has 0 amide bonds. The lowest BCUT2D eigenvalue weighted by Crippen LogP contribution is -2.04. The molecule has 1 aromatic heterocycles. The average Bonchev–Trinajstić information content (AvgIpc) is 2.36. The molecule has 1 heterocycles. The van der Waals surface area contributed by atoms with Gasteiger partial charge in [-0.15, -0.1) is 0 Å². The summed E-state index contributed by atoms with van der Waals surface area (Å²) in [6.45, 7) is 0.877. The van der Waals surface area contributed by atoms with Crippen molar-refractivity contribution in [3.05, 3.63) is 53.4 Å². The van der Waals surface area contributed by atoms with Crippen LogP contribution in [0.5, 0.6) is 0 Å². The molecule has 2 aromatic rings. The summed E-state index contributed by atoms with van der Waals surface area (Å²) in [6.07, 6.45) is 3.58. The van der Waals surface area contributed by atoms with E-state index in [-0.39, 0.29) is 0 Å². The fraction of sp³-hybridized carbons (Fsp3) is 0.231. The Bertz CT molecular complexity index is 459. The van der Waals surface area contributed by atoms with Crippen molar-refractivity contribution in [2.45, 2.75) is 12.8 Å². The van der Waals surface area contributed by atoms with Crippen LogP contribution in [0.25, 0.3) is 0 Å². The van der Waals surface area contributed by atoms with Crippen molar-refractivity contribution >= 4 is 17.4 Å². The quantitative estimate of drug-likeness (QED) is 0.651. The zero-order valence-corrected chi connectivity index (χ0v) is 10.2. The van der Waals surface area contributed by atoms with Crippen LogP contribution in [0.15, 0.2) is 42.7 Å². The molecule has 0 saturated carbocycles. The van der Waals surface area contributed by atoms with E-state index in [0.717, 1.165) is 25.2 Å². The Labute approximate surface area is 106 Å². The maximum atomic E-state index is 5.76. The Morgan fingerprint density at radius 3 is 2.71 bits per heavy atom. The molecule has 1 N–H and O–H groups in total. The van der Waals surface area contributed by atoms with E-state index in [9.17, 15) is 0 Å². The normalized spacial score (nSPS) is 10.2. The number of hydrogen-bond acceptors (Lipinski definition) is 3. The Kier molecular flexibility index (Phi) is 4.33. The van der Waals surface area contributed by atoms with E-state index in [4.69, 9.17) is 11.6 Å². The van der Waals surface area contributed by atoms with E-state index in [1.807, 2.05) is 6.07 Å². The molecule has 0 aliphatic carbocycles. The van der Waals surface area contributed by atoms with Gasteiger partial charge in [0, 0.05) is 12.6 Å². The van der Waals surface area contributed by atoms with Gasteiger partial charge < -0.3 is 5.32 Å². The van der Waals surface area contributed by atoms with E-state index in [2.05, 4.69) is 39.6 Å². The Morgan fingerprint density at radius 1 is 1.12 bits per heavy atom. The molecule has 88 valence electrons. The molecule has 4 heteroatoms. The highest BCUT2D eigenvalue weighted by Crippen LogP contribution is 2.09. The largest absolute Gasteiger partial charge is 0.370 e. The van der Waals surface area contributed by atoms with Gasteiger partial charge in [0.15, 0.2) is 0 Å². The van der Waals surface area contributed by atoms with Gasteiger partial charge in [-0.25, -0.2) is 9.97 Å². The van der Waals surface area contributed by atoms with Gasteiger partial charge in [-0.3, -0.25) is 0 Å². The third-order valence-corrected chi connectivity index (χ3v) is 2.63. The predicted octanol–water partition coefficient (Wildman–Crippen LogP) is 3.17. The van der Waals surface area contributed by atoms with E-state index in [1.165, 1.54) is 11.9 Å². The third kappa shape index (κ3) is 4.04. The number of aromatic nitrogens is 2. The van der Waals surface area contributed by atoms with Crippen LogP contribution in [-0.4, -0.2) is 16.5 Å². The average molecular weight is 248 g/mol. The van der Waals surface area contributed by atoms with Gasteiger partial charge in [-0.1, -0.05) is 41.9 Å². The summed E-state index contributed by atoms with van der Waals surface area (Å²) in [6, 6.07) is 12.2. The van der Waals surface area contributed by atoms with Crippen LogP contribution in [0.4, 0.5) is 5.82 Å². The number of aryl methyl sites for hydroxylation is 1. The number of hydrogen-bond donors (Lipinski definition) is 1. The maximum absolute atomic E-state index is 5.76. The van der Waals surface area contributed by atoms with Crippen LogP contribution in [0.3, 0.4) is 0 Å². The third-order valence-electron chi connectivity index (χ3n) is 2.42. The molecule has 0 fully saturated rings. The molecule has 0 aliphatic rings. The molecular formula is C13H14ClN3. The van der Waals surface area contributed by atoms with Crippen molar-refractivity contribution in [1.82, 2.24) is 9.97 Å². The summed E-state index contributed by atoms with van der Waals surface area (Å²) in [5.74, 6) is 0.776. The first-order chi connectivity index (χ1) is 8.34. The van der Waals surface area contributed by atoms with Gasteiger partial charge >= 0.3 is 0 Å². The van der Waals surface area contributed by atoms with Crippen LogP contribution in [0.2, 0.25) is 5.15 Å². The van der Waals surface area contributed by atoms with Gasteiger partial charge in [0.05, 0.1) is 0 Å². The lowest BCUT2D eigenvalue weighted by Gasteiger charge is -2.05. The molecule has 0 bridgehead atoms. The number of rotatable bonds is 5. The van der Waals surface area contributed by atoms with E-state index >= 15 is 0 Å². The number of benzene rings is 1. The second-order valence-electron chi connectivity index (χ2n) is 3.74. The van der Waals surface area contributed by atoms with Crippen molar-refractivity contribution in [2.75, 3.05) is 11.9 Å². The van der Waals surface area contributed by atoms with Gasteiger partial charge in [0.2, 0.25) is 0 Å². The van der Waals surface area contributed by atoms with Gasteiger partial charge in [0.25, 0.3) is 0 Å². The zero-order valence-electron chi connectivity index (χ0n) is 9.44. The summed E-state index contributed by atoms with van der Waals surface area (Å²) in [5.41, 5.74) is 1.36. The molecule has 0 atom stereocenters. The van der Waals surface area contributed by atoms with Crippen molar-refractivity contribution in [1.29, 1.82) is 0 Å². The van der Waals surface area contributed by atoms with Crippen molar-refractivity contribution < 1.29 is 0 Å². The van der Waals surface area contributed by atoms with Crippen molar-refractivity contribution in [3.63, 3.8) is 0 Å². The van der Waals surface area contributed by atoms with Gasteiger partial charge in [-0.05, 0) is 18.4 Å². The smallest absolute Gasteiger partial charge is 0.134 e. The summed E-state index contributed by atoms with van der Waals surface area (Å²) in [4.78, 5) is 7.91. The van der Waals surface area contributed by atoms with E-state index < -0.39 is 0 Å². The lowest BCUT2D eigenvalue weighted by molar-refractivity contribution is 0.858.